The molecule has 1 aromatic rings. The summed E-state index contributed by atoms with van der Waals surface area (Å²) >= 11 is 0. The molecule has 0 aliphatic heterocycles. The molecule has 1 rings (SSSR count). The fourth-order valence-corrected chi connectivity index (χ4v) is 2.82. The monoisotopic (exact) mass is 279 g/mol. The van der Waals surface area contributed by atoms with E-state index in [2.05, 4.69) is 33.8 Å². The van der Waals surface area contributed by atoms with Crippen LogP contribution in [0.15, 0.2) is 6.07 Å². The van der Waals surface area contributed by atoms with E-state index in [9.17, 15) is 5.11 Å². The SMILES string of the molecule is CCOc1cc(C)c(C(C)CC(O)C(C)N)c(C)c1C. The molecular weight excluding hydrogens is 250 g/mol. The first-order valence-corrected chi connectivity index (χ1v) is 7.46. The lowest BCUT2D eigenvalue weighted by Gasteiger charge is -2.24. The molecule has 0 saturated heterocycles. The van der Waals surface area contributed by atoms with Crippen molar-refractivity contribution in [2.45, 2.75) is 66.0 Å². The molecule has 0 amide bonds. The third-order valence-corrected chi connectivity index (χ3v) is 4.10. The van der Waals surface area contributed by atoms with Crippen LogP contribution in [-0.4, -0.2) is 23.9 Å². The Kier molecular flexibility index (Phi) is 6.03. The molecule has 0 heterocycles. The number of hydrogen-bond donors (Lipinski definition) is 2. The normalized spacial score (nSPS) is 15.8. The van der Waals surface area contributed by atoms with Gasteiger partial charge in [0.1, 0.15) is 5.75 Å². The van der Waals surface area contributed by atoms with Gasteiger partial charge in [0.05, 0.1) is 12.7 Å². The fraction of sp³-hybridized carbons (Fsp3) is 0.647. The number of benzene rings is 1. The molecule has 0 aliphatic carbocycles. The van der Waals surface area contributed by atoms with E-state index in [-0.39, 0.29) is 12.0 Å². The average molecular weight is 279 g/mol. The van der Waals surface area contributed by atoms with Crippen molar-refractivity contribution in [2.75, 3.05) is 6.61 Å². The van der Waals surface area contributed by atoms with Crippen LogP contribution in [0.4, 0.5) is 0 Å². The number of aryl methyl sites for hydroxylation is 1. The summed E-state index contributed by atoms with van der Waals surface area (Å²) < 4.78 is 5.68. The minimum atomic E-state index is -0.462. The van der Waals surface area contributed by atoms with Crippen LogP contribution in [0, 0.1) is 20.8 Å². The number of ether oxygens (including phenoxy) is 1. The van der Waals surface area contributed by atoms with Crippen molar-refractivity contribution in [2.24, 2.45) is 5.73 Å². The Morgan fingerprint density at radius 3 is 2.30 bits per heavy atom. The molecule has 1 aromatic carbocycles. The van der Waals surface area contributed by atoms with E-state index in [1.807, 2.05) is 13.8 Å². The molecule has 114 valence electrons. The largest absolute Gasteiger partial charge is 0.494 e. The Morgan fingerprint density at radius 1 is 1.20 bits per heavy atom. The summed E-state index contributed by atoms with van der Waals surface area (Å²) in [6, 6.07) is 1.91. The maximum Gasteiger partial charge on any atom is 0.122 e. The van der Waals surface area contributed by atoms with Crippen molar-refractivity contribution in [1.82, 2.24) is 0 Å². The van der Waals surface area contributed by atoms with Crippen LogP contribution in [0.1, 0.15) is 55.4 Å². The van der Waals surface area contributed by atoms with Gasteiger partial charge in [-0.15, -0.1) is 0 Å². The van der Waals surface area contributed by atoms with Crippen molar-refractivity contribution in [1.29, 1.82) is 0 Å². The van der Waals surface area contributed by atoms with Crippen LogP contribution < -0.4 is 10.5 Å². The molecule has 3 atom stereocenters. The van der Waals surface area contributed by atoms with Gasteiger partial charge in [-0.05, 0) is 75.3 Å². The van der Waals surface area contributed by atoms with Gasteiger partial charge in [0, 0.05) is 6.04 Å². The molecular formula is C17H29NO2. The molecule has 3 N–H and O–H groups in total. The molecule has 0 fully saturated rings. The molecule has 20 heavy (non-hydrogen) atoms. The highest BCUT2D eigenvalue weighted by Crippen LogP contribution is 2.34. The Hall–Kier alpha value is -1.06. The van der Waals surface area contributed by atoms with Crippen LogP contribution >= 0.6 is 0 Å². The highest BCUT2D eigenvalue weighted by molar-refractivity contribution is 5.49. The lowest BCUT2D eigenvalue weighted by atomic mass is 9.85. The van der Waals surface area contributed by atoms with E-state index < -0.39 is 6.10 Å². The molecule has 3 unspecified atom stereocenters. The second-order valence-electron chi connectivity index (χ2n) is 5.85. The molecule has 0 aromatic heterocycles. The van der Waals surface area contributed by atoms with Gasteiger partial charge in [0.2, 0.25) is 0 Å². The second kappa shape index (κ2) is 7.09. The number of hydrogen-bond acceptors (Lipinski definition) is 3. The first kappa shape index (κ1) is 17.0. The Labute approximate surface area is 123 Å². The summed E-state index contributed by atoms with van der Waals surface area (Å²) in [5.74, 6) is 1.25. The van der Waals surface area contributed by atoms with Crippen LogP contribution in [0.2, 0.25) is 0 Å². The fourth-order valence-electron chi connectivity index (χ4n) is 2.82. The Balaban J connectivity index is 3.09. The first-order chi connectivity index (χ1) is 9.29. The summed E-state index contributed by atoms with van der Waals surface area (Å²) in [5.41, 5.74) is 10.7. The molecule has 0 aliphatic rings. The summed E-state index contributed by atoms with van der Waals surface area (Å²) in [7, 11) is 0. The van der Waals surface area contributed by atoms with Crippen LogP contribution in [0.5, 0.6) is 5.75 Å². The summed E-state index contributed by atoms with van der Waals surface area (Å²) in [4.78, 5) is 0. The van der Waals surface area contributed by atoms with Crippen LogP contribution in [0.3, 0.4) is 0 Å². The minimum Gasteiger partial charge on any atom is -0.494 e. The lowest BCUT2D eigenvalue weighted by Crippen LogP contribution is -2.32. The van der Waals surface area contributed by atoms with E-state index in [1.165, 1.54) is 22.3 Å². The average Bonchev–Trinajstić information content (AvgIpc) is 2.35. The number of nitrogens with two attached hydrogens (primary N) is 1. The smallest absolute Gasteiger partial charge is 0.122 e. The zero-order valence-electron chi connectivity index (χ0n) is 13.7. The Morgan fingerprint density at radius 2 is 1.80 bits per heavy atom. The van der Waals surface area contributed by atoms with Gasteiger partial charge in [-0.3, -0.25) is 0 Å². The van der Waals surface area contributed by atoms with E-state index in [1.54, 1.807) is 0 Å². The zero-order chi connectivity index (χ0) is 15.4. The van der Waals surface area contributed by atoms with Crippen molar-refractivity contribution < 1.29 is 9.84 Å². The van der Waals surface area contributed by atoms with Gasteiger partial charge >= 0.3 is 0 Å². The summed E-state index contributed by atoms with van der Waals surface area (Å²) in [5, 5.41) is 10.00. The lowest BCUT2D eigenvalue weighted by molar-refractivity contribution is 0.134. The van der Waals surface area contributed by atoms with Crippen LogP contribution in [0.25, 0.3) is 0 Å². The molecule has 3 heteroatoms. The first-order valence-electron chi connectivity index (χ1n) is 7.46. The van der Waals surface area contributed by atoms with E-state index in [0.29, 0.717) is 13.0 Å². The quantitative estimate of drug-likeness (QED) is 0.840. The van der Waals surface area contributed by atoms with E-state index in [4.69, 9.17) is 10.5 Å². The molecule has 0 spiro atoms. The van der Waals surface area contributed by atoms with E-state index in [0.717, 1.165) is 5.75 Å². The summed E-state index contributed by atoms with van der Waals surface area (Å²) in [6.07, 6.45) is 0.225. The molecule has 3 nitrogen and oxygen atoms in total. The maximum atomic E-state index is 10.00. The molecule has 0 bridgehead atoms. The summed E-state index contributed by atoms with van der Waals surface area (Å²) in [6.45, 7) is 13.0. The van der Waals surface area contributed by atoms with Gasteiger partial charge in [-0.25, -0.2) is 0 Å². The Bertz CT molecular complexity index is 455. The highest BCUT2D eigenvalue weighted by Gasteiger charge is 2.20. The van der Waals surface area contributed by atoms with Crippen molar-refractivity contribution in [3.8, 4) is 5.75 Å². The van der Waals surface area contributed by atoms with Gasteiger partial charge in [0.25, 0.3) is 0 Å². The van der Waals surface area contributed by atoms with Gasteiger partial charge in [-0.2, -0.15) is 0 Å². The predicted molar refractivity (Wildman–Crippen MR) is 84.5 cm³/mol. The second-order valence-corrected chi connectivity index (χ2v) is 5.85. The van der Waals surface area contributed by atoms with Gasteiger partial charge in [-0.1, -0.05) is 6.92 Å². The third kappa shape index (κ3) is 3.74. The van der Waals surface area contributed by atoms with Crippen LogP contribution in [-0.2, 0) is 0 Å². The van der Waals surface area contributed by atoms with Gasteiger partial charge in [0.15, 0.2) is 0 Å². The number of aliphatic hydroxyl groups is 1. The third-order valence-electron chi connectivity index (χ3n) is 4.10. The molecule has 0 saturated carbocycles. The minimum absolute atomic E-state index is 0.193. The maximum absolute atomic E-state index is 10.00. The molecule has 0 radical (unpaired) electrons. The standard InChI is InChI=1S/C17H29NO2/c1-7-20-16-9-11(3)17(13(5)12(16)4)10(2)8-15(19)14(6)18/h9-10,14-15,19H,7-8,18H2,1-6H3. The highest BCUT2D eigenvalue weighted by atomic mass is 16.5. The van der Waals surface area contributed by atoms with Crippen molar-refractivity contribution >= 4 is 0 Å². The topological polar surface area (TPSA) is 55.5 Å². The number of rotatable bonds is 6. The van der Waals surface area contributed by atoms with Crippen molar-refractivity contribution in [3.63, 3.8) is 0 Å². The zero-order valence-corrected chi connectivity index (χ0v) is 13.7. The van der Waals surface area contributed by atoms with Crippen molar-refractivity contribution in [3.05, 3.63) is 28.3 Å². The van der Waals surface area contributed by atoms with Gasteiger partial charge < -0.3 is 15.6 Å². The van der Waals surface area contributed by atoms with E-state index >= 15 is 0 Å². The predicted octanol–water partition coefficient (Wildman–Crippen LogP) is 3.21. The number of aliphatic hydroxyl groups excluding tert-OH is 1.